The Balaban J connectivity index is 2.94. The van der Waals surface area contributed by atoms with Crippen LogP contribution < -0.4 is 0 Å². The van der Waals surface area contributed by atoms with Gasteiger partial charge in [-0.1, -0.05) is 0 Å². The molecule has 1 rings (SSSR count). The molecule has 0 saturated heterocycles. The number of carbonyl (C=O) groups excluding carboxylic acids is 1. The first-order chi connectivity index (χ1) is 6.20. The Bertz CT molecular complexity index is 307. The van der Waals surface area contributed by atoms with Crippen molar-refractivity contribution >= 4 is 22.2 Å². The van der Waals surface area contributed by atoms with Crippen LogP contribution in [0.3, 0.4) is 0 Å². The summed E-state index contributed by atoms with van der Waals surface area (Å²) in [6.07, 6.45) is 2.26. The van der Waals surface area contributed by atoms with E-state index >= 15 is 0 Å². The summed E-state index contributed by atoms with van der Waals surface area (Å²) < 4.78 is 2.97. The van der Waals surface area contributed by atoms with E-state index < -0.39 is 0 Å². The van der Waals surface area contributed by atoms with E-state index in [1.54, 1.807) is 0 Å². The van der Waals surface area contributed by atoms with Crippen LogP contribution in [-0.2, 0) is 17.8 Å². The zero-order valence-corrected chi connectivity index (χ0v) is 9.47. The van der Waals surface area contributed by atoms with E-state index in [0.29, 0.717) is 6.42 Å². The maximum atomic E-state index is 10.3. The Morgan fingerprint density at radius 2 is 2.31 bits per heavy atom. The van der Waals surface area contributed by atoms with Gasteiger partial charge in [0.1, 0.15) is 6.29 Å². The molecule has 4 heteroatoms. The van der Waals surface area contributed by atoms with Crippen molar-refractivity contribution in [3.05, 3.63) is 15.9 Å². The third kappa shape index (κ3) is 2.18. The van der Waals surface area contributed by atoms with E-state index in [9.17, 15) is 4.79 Å². The second-order valence-electron chi connectivity index (χ2n) is 2.87. The van der Waals surface area contributed by atoms with Crippen molar-refractivity contribution in [1.82, 2.24) is 9.78 Å². The van der Waals surface area contributed by atoms with Gasteiger partial charge in [-0.25, -0.2) is 0 Å². The van der Waals surface area contributed by atoms with Crippen LogP contribution in [0.5, 0.6) is 0 Å². The maximum absolute atomic E-state index is 10.3. The number of halogens is 1. The molecule has 0 bridgehead atoms. The maximum Gasteiger partial charge on any atom is 0.120 e. The highest BCUT2D eigenvalue weighted by Gasteiger charge is 2.10. The molecule has 0 aliphatic rings. The number of carbonyl (C=O) groups is 1. The van der Waals surface area contributed by atoms with Crippen molar-refractivity contribution in [2.75, 3.05) is 0 Å². The van der Waals surface area contributed by atoms with E-state index in [1.807, 2.05) is 18.5 Å². The van der Waals surface area contributed by atoms with Gasteiger partial charge in [-0.05, 0) is 36.2 Å². The summed E-state index contributed by atoms with van der Waals surface area (Å²) in [5.74, 6) is 0. The molecule has 0 unspecified atom stereocenters. The summed E-state index contributed by atoms with van der Waals surface area (Å²) in [6, 6.07) is 0. The number of hydrogen-bond donors (Lipinski definition) is 0. The fraction of sp³-hybridized carbons (Fsp3) is 0.556. The third-order valence-corrected chi connectivity index (χ3v) is 2.98. The van der Waals surface area contributed by atoms with Crippen LogP contribution >= 0.6 is 15.9 Å². The van der Waals surface area contributed by atoms with Gasteiger partial charge >= 0.3 is 0 Å². The minimum atomic E-state index is 0.559. The molecule has 0 saturated carbocycles. The second-order valence-corrected chi connectivity index (χ2v) is 3.66. The van der Waals surface area contributed by atoms with E-state index in [2.05, 4.69) is 21.0 Å². The van der Waals surface area contributed by atoms with Gasteiger partial charge in [0.2, 0.25) is 0 Å². The number of aromatic nitrogens is 2. The highest BCUT2D eigenvalue weighted by Crippen LogP contribution is 2.21. The number of rotatable bonds is 4. The molecule has 0 fully saturated rings. The smallest absolute Gasteiger partial charge is 0.120 e. The van der Waals surface area contributed by atoms with E-state index in [4.69, 9.17) is 0 Å². The zero-order valence-electron chi connectivity index (χ0n) is 7.88. The standard InChI is InChI=1S/C9H13BrN2O/c1-3-12-8(5-4-6-13)9(10)7(2)11-12/h6H,3-5H2,1-2H3. The molecule has 1 heterocycles. The van der Waals surface area contributed by atoms with E-state index in [1.165, 1.54) is 0 Å². The number of nitrogens with zero attached hydrogens (tertiary/aromatic N) is 2. The van der Waals surface area contributed by atoms with Gasteiger partial charge in [-0.3, -0.25) is 4.68 Å². The van der Waals surface area contributed by atoms with Crippen molar-refractivity contribution in [2.24, 2.45) is 0 Å². The Kier molecular flexibility index (Phi) is 3.66. The predicted molar refractivity (Wildman–Crippen MR) is 54.7 cm³/mol. The van der Waals surface area contributed by atoms with Gasteiger partial charge in [0.05, 0.1) is 15.9 Å². The van der Waals surface area contributed by atoms with Crippen LogP contribution in [0.1, 0.15) is 24.7 Å². The van der Waals surface area contributed by atoms with Gasteiger partial charge in [-0.2, -0.15) is 5.10 Å². The molecule has 13 heavy (non-hydrogen) atoms. The largest absolute Gasteiger partial charge is 0.303 e. The summed E-state index contributed by atoms with van der Waals surface area (Å²) in [6.45, 7) is 4.85. The molecule has 0 radical (unpaired) electrons. The summed E-state index contributed by atoms with van der Waals surface area (Å²) in [7, 11) is 0. The molecule has 0 aliphatic heterocycles. The van der Waals surface area contributed by atoms with Gasteiger partial charge < -0.3 is 4.79 Å². The molecule has 3 nitrogen and oxygen atoms in total. The lowest BCUT2D eigenvalue weighted by Crippen LogP contribution is -2.03. The van der Waals surface area contributed by atoms with Gasteiger partial charge in [0.25, 0.3) is 0 Å². The van der Waals surface area contributed by atoms with Crippen LogP contribution in [0.15, 0.2) is 4.47 Å². The highest BCUT2D eigenvalue weighted by molar-refractivity contribution is 9.10. The van der Waals surface area contributed by atoms with Crippen molar-refractivity contribution in [3.8, 4) is 0 Å². The summed E-state index contributed by atoms with van der Waals surface area (Å²) in [5.41, 5.74) is 2.11. The SMILES string of the molecule is CCn1nc(C)c(Br)c1CCC=O. The Labute approximate surface area is 86.3 Å². The molecule has 0 aromatic carbocycles. The van der Waals surface area contributed by atoms with Crippen molar-refractivity contribution in [1.29, 1.82) is 0 Å². The van der Waals surface area contributed by atoms with E-state index in [0.717, 1.165) is 35.1 Å². The van der Waals surface area contributed by atoms with E-state index in [-0.39, 0.29) is 0 Å². The minimum absolute atomic E-state index is 0.559. The molecular formula is C9H13BrN2O. The first-order valence-corrected chi connectivity index (χ1v) is 5.15. The van der Waals surface area contributed by atoms with Crippen LogP contribution in [0, 0.1) is 6.92 Å². The van der Waals surface area contributed by atoms with Gasteiger partial charge in [0, 0.05) is 13.0 Å². The molecule has 0 atom stereocenters. The number of hydrogen-bond acceptors (Lipinski definition) is 2. The summed E-state index contributed by atoms with van der Waals surface area (Å²) in [4.78, 5) is 10.3. The molecule has 72 valence electrons. The molecule has 0 amide bonds. The summed E-state index contributed by atoms with van der Waals surface area (Å²) >= 11 is 3.47. The third-order valence-electron chi connectivity index (χ3n) is 1.95. The normalized spacial score (nSPS) is 10.4. The monoisotopic (exact) mass is 244 g/mol. The average Bonchev–Trinajstić information content (AvgIpc) is 2.40. The lowest BCUT2D eigenvalue weighted by Gasteiger charge is -2.02. The van der Waals surface area contributed by atoms with Crippen LogP contribution in [-0.4, -0.2) is 16.1 Å². The zero-order chi connectivity index (χ0) is 9.84. The quantitative estimate of drug-likeness (QED) is 0.761. The minimum Gasteiger partial charge on any atom is -0.303 e. The van der Waals surface area contributed by atoms with Gasteiger partial charge in [-0.15, -0.1) is 0 Å². The molecule has 1 aromatic rings. The molecule has 1 aromatic heterocycles. The Hall–Kier alpha value is -0.640. The molecule has 0 aliphatic carbocycles. The van der Waals surface area contributed by atoms with Crippen LogP contribution in [0.25, 0.3) is 0 Å². The highest BCUT2D eigenvalue weighted by atomic mass is 79.9. The molecular weight excluding hydrogens is 232 g/mol. The van der Waals surface area contributed by atoms with Crippen molar-refractivity contribution in [3.63, 3.8) is 0 Å². The number of aldehydes is 1. The Morgan fingerprint density at radius 3 is 2.85 bits per heavy atom. The predicted octanol–water partition coefficient (Wildman–Crippen LogP) is 2.11. The van der Waals surface area contributed by atoms with Crippen molar-refractivity contribution in [2.45, 2.75) is 33.2 Å². The Morgan fingerprint density at radius 1 is 1.62 bits per heavy atom. The van der Waals surface area contributed by atoms with Gasteiger partial charge in [0.15, 0.2) is 0 Å². The number of aryl methyl sites for hydroxylation is 2. The lowest BCUT2D eigenvalue weighted by molar-refractivity contribution is -0.107. The topological polar surface area (TPSA) is 34.9 Å². The molecule has 0 spiro atoms. The first-order valence-electron chi connectivity index (χ1n) is 4.36. The fourth-order valence-electron chi connectivity index (χ4n) is 1.30. The molecule has 0 N–H and O–H groups in total. The van der Waals surface area contributed by atoms with Crippen LogP contribution in [0.2, 0.25) is 0 Å². The lowest BCUT2D eigenvalue weighted by atomic mass is 10.2. The van der Waals surface area contributed by atoms with Crippen LogP contribution in [0.4, 0.5) is 0 Å². The first kappa shape index (κ1) is 10.4. The van der Waals surface area contributed by atoms with Crippen molar-refractivity contribution < 1.29 is 4.79 Å². The summed E-state index contributed by atoms with van der Waals surface area (Å²) in [5, 5.41) is 4.34. The fourth-order valence-corrected chi connectivity index (χ4v) is 1.79. The average molecular weight is 245 g/mol. The second kappa shape index (κ2) is 4.56.